The van der Waals surface area contributed by atoms with Crippen LogP contribution in [0.4, 0.5) is 10.5 Å². The lowest BCUT2D eigenvalue weighted by Crippen LogP contribution is -2.45. The van der Waals surface area contributed by atoms with Gasteiger partial charge >= 0.3 is 12.0 Å². The SMILES string of the molecule is CCCC(C)(C)NC(=O)Nc1c(Cl)cc(C(=O)O)cc1Cl. The van der Waals surface area contributed by atoms with E-state index in [0.717, 1.165) is 12.8 Å². The van der Waals surface area contributed by atoms with Crippen LogP contribution in [0.15, 0.2) is 12.1 Å². The van der Waals surface area contributed by atoms with Crippen molar-refractivity contribution in [1.29, 1.82) is 0 Å². The van der Waals surface area contributed by atoms with Crippen LogP contribution >= 0.6 is 23.2 Å². The van der Waals surface area contributed by atoms with Crippen LogP contribution in [0.1, 0.15) is 44.0 Å². The Morgan fingerprint density at radius 2 is 1.76 bits per heavy atom. The standard InChI is InChI=1S/C14H18Cl2N2O3/c1-4-5-14(2,3)18-13(21)17-11-9(15)6-8(12(19)20)7-10(11)16/h6-7H,4-5H2,1-3H3,(H,19,20)(H2,17,18,21). The Bertz CT molecular complexity index is 536. The quantitative estimate of drug-likeness (QED) is 0.748. The maximum absolute atomic E-state index is 12.0. The van der Waals surface area contributed by atoms with E-state index in [1.165, 1.54) is 12.1 Å². The molecule has 1 rings (SSSR count). The summed E-state index contributed by atoms with van der Waals surface area (Å²) in [5, 5.41) is 14.4. The molecule has 0 bridgehead atoms. The molecular formula is C14H18Cl2N2O3. The highest BCUT2D eigenvalue weighted by Crippen LogP contribution is 2.32. The van der Waals surface area contributed by atoms with Crippen LogP contribution in [0.25, 0.3) is 0 Å². The Balaban J connectivity index is 2.89. The summed E-state index contributed by atoms with van der Waals surface area (Å²) in [6.07, 6.45) is 1.75. The summed E-state index contributed by atoms with van der Waals surface area (Å²) in [6, 6.07) is 2.03. The van der Waals surface area contributed by atoms with Gasteiger partial charge in [-0.05, 0) is 32.4 Å². The van der Waals surface area contributed by atoms with Gasteiger partial charge in [-0.25, -0.2) is 9.59 Å². The molecule has 1 aromatic rings. The van der Waals surface area contributed by atoms with Crippen molar-refractivity contribution >= 4 is 40.9 Å². The maximum atomic E-state index is 12.0. The largest absolute Gasteiger partial charge is 0.478 e. The first-order valence-corrected chi connectivity index (χ1v) is 7.23. The molecule has 0 radical (unpaired) electrons. The number of urea groups is 1. The minimum atomic E-state index is -1.14. The van der Waals surface area contributed by atoms with E-state index in [4.69, 9.17) is 28.3 Å². The fourth-order valence-electron chi connectivity index (χ4n) is 1.96. The Morgan fingerprint density at radius 1 is 1.24 bits per heavy atom. The van der Waals surface area contributed by atoms with E-state index in [1.807, 2.05) is 20.8 Å². The molecule has 0 atom stereocenters. The summed E-state index contributed by atoms with van der Waals surface area (Å²) in [5.74, 6) is -1.14. The number of halogens is 2. The lowest BCUT2D eigenvalue weighted by molar-refractivity contribution is 0.0697. The summed E-state index contributed by atoms with van der Waals surface area (Å²) >= 11 is 11.9. The molecule has 2 amide bonds. The predicted octanol–water partition coefficient (Wildman–Crippen LogP) is 4.39. The van der Waals surface area contributed by atoms with Crippen LogP contribution in [0.2, 0.25) is 10.0 Å². The number of carboxylic acid groups (broad SMARTS) is 1. The minimum absolute atomic E-state index is 0.0396. The van der Waals surface area contributed by atoms with Crippen LogP contribution in [-0.2, 0) is 0 Å². The zero-order valence-corrected chi connectivity index (χ0v) is 13.6. The second-order valence-electron chi connectivity index (χ2n) is 5.33. The predicted molar refractivity (Wildman–Crippen MR) is 84.6 cm³/mol. The van der Waals surface area contributed by atoms with Gasteiger partial charge in [-0.3, -0.25) is 0 Å². The van der Waals surface area contributed by atoms with Gasteiger partial charge in [-0.1, -0.05) is 36.5 Å². The molecule has 0 spiro atoms. The van der Waals surface area contributed by atoms with Crippen LogP contribution < -0.4 is 10.6 Å². The molecule has 0 aliphatic carbocycles. The van der Waals surface area contributed by atoms with Crippen LogP contribution in [0.3, 0.4) is 0 Å². The second kappa shape index (κ2) is 7.00. The number of amides is 2. The highest BCUT2D eigenvalue weighted by molar-refractivity contribution is 6.40. The van der Waals surface area contributed by atoms with Gasteiger partial charge in [0, 0.05) is 5.54 Å². The van der Waals surface area contributed by atoms with Crippen molar-refractivity contribution in [2.75, 3.05) is 5.32 Å². The number of carboxylic acids is 1. The first-order valence-electron chi connectivity index (χ1n) is 6.48. The maximum Gasteiger partial charge on any atom is 0.335 e. The highest BCUT2D eigenvalue weighted by atomic mass is 35.5. The number of aromatic carboxylic acids is 1. The van der Waals surface area contributed by atoms with Crippen molar-refractivity contribution in [3.05, 3.63) is 27.7 Å². The van der Waals surface area contributed by atoms with Crippen LogP contribution in [0, 0.1) is 0 Å². The molecule has 0 saturated carbocycles. The van der Waals surface area contributed by atoms with Gasteiger partial charge < -0.3 is 15.7 Å². The average molecular weight is 333 g/mol. The number of hydrogen-bond donors (Lipinski definition) is 3. The van der Waals surface area contributed by atoms with Gasteiger partial charge in [0.2, 0.25) is 0 Å². The molecule has 1 aromatic carbocycles. The third-order valence-electron chi connectivity index (χ3n) is 2.85. The number of rotatable bonds is 5. The summed E-state index contributed by atoms with van der Waals surface area (Å²) in [5.41, 5.74) is -0.214. The van der Waals surface area contributed by atoms with E-state index >= 15 is 0 Å². The van der Waals surface area contributed by atoms with Gasteiger partial charge in [0.15, 0.2) is 0 Å². The number of carbonyl (C=O) groups excluding carboxylic acids is 1. The smallest absolute Gasteiger partial charge is 0.335 e. The molecule has 0 saturated heterocycles. The summed E-state index contributed by atoms with van der Waals surface area (Å²) < 4.78 is 0. The highest BCUT2D eigenvalue weighted by Gasteiger charge is 2.21. The monoisotopic (exact) mass is 332 g/mol. The zero-order chi connectivity index (χ0) is 16.2. The van der Waals surface area contributed by atoms with E-state index < -0.39 is 12.0 Å². The van der Waals surface area contributed by atoms with Gasteiger partial charge in [0.25, 0.3) is 0 Å². The van der Waals surface area contributed by atoms with Crippen LogP contribution in [-0.4, -0.2) is 22.6 Å². The number of nitrogens with one attached hydrogen (secondary N) is 2. The normalized spacial score (nSPS) is 11.1. The fraction of sp³-hybridized carbons (Fsp3) is 0.429. The average Bonchev–Trinajstić information content (AvgIpc) is 2.32. The first-order chi connectivity index (χ1) is 9.66. The number of carbonyl (C=O) groups is 2. The van der Waals surface area contributed by atoms with Gasteiger partial charge in [-0.15, -0.1) is 0 Å². The van der Waals surface area contributed by atoms with Crippen molar-refractivity contribution in [3.8, 4) is 0 Å². The molecule has 116 valence electrons. The number of benzene rings is 1. The molecule has 3 N–H and O–H groups in total. The number of hydrogen-bond acceptors (Lipinski definition) is 2. The third kappa shape index (κ3) is 5.10. The topological polar surface area (TPSA) is 78.4 Å². The molecule has 0 aliphatic heterocycles. The van der Waals surface area contributed by atoms with Gasteiger partial charge in [0.05, 0.1) is 21.3 Å². The third-order valence-corrected chi connectivity index (χ3v) is 3.45. The van der Waals surface area contributed by atoms with E-state index in [1.54, 1.807) is 0 Å². The van der Waals surface area contributed by atoms with Gasteiger partial charge in [-0.2, -0.15) is 0 Å². The lowest BCUT2D eigenvalue weighted by atomic mass is 9.99. The molecule has 7 heteroatoms. The fourth-order valence-corrected chi connectivity index (χ4v) is 2.54. The lowest BCUT2D eigenvalue weighted by Gasteiger charge is -2.26. The van der Waals surface area contributed by atoms with E-state index in [-0.39, 0.29) is 26.8 Å². The van der Waals surface area contributed by atoms with Gasteiger partial charge in [0.1, 0.15) is 0 Å². The van der Waals surface area contributed by atoms with E-state index in [0.29, 0.717) is 0 Å². The number of anilines is 1. The Hall–Kier alpha value is -1.46. The first kappa shape index (κ1) is 17.6. The van der Waals surface area contributed by atoms with E-state index in [9.17, 15) is 9.59 Å². The summed E-state index contributed by atoms with van der Waals surface area (Å²) in [4.78, 5) is 22.9. The molecule has 5 nitrogen and oxygen atoms in total. The molecular weight excluding hydrogens is 315 g/mol. The summed E-state index contributed by atoms with van der Waals surface area (Å²) in [6.45, 7) is 5.85. The Kier molecular flexibility index (Phi) is 5.87. The molecule has 0 aliphatic rings. The van der Waals surface area contributed by atoms with E-state index in [2.05, 4.69) is 10.6 Å². The second-order valence-corrected chi connectivity index (χ2v) is 6.15. The van der Waals surface area contributed by atoms with Crippen molar-refractivity contribution in [2.45, 2.75) is 39.2 Å². The molecule has 0 heterocycles. The van der Waals surface area contributed by atoms with Crippen LogP contribution in [0.5, 0.6) is 0 Å². The van der Waals surface area contributed by atoms with Crippen molar-refractivity contribution in [3.63, 3.8) is 0 Å². The molecule has 0 aromatic heterocycles. The Labute approximate surface area is 133 Å². The molecule has 0 fully saturated rings. The zero-order valence-electron chi connectivity index (χ0n) is 12.1. The van der Waals surface area contributed by atoms with Crippen molar-refractivity contribution < 1.29 is 14.7 Å². The minimum Gasteiger partial charge on any atom is -0.478 e. The van der Waals surface area contributed by atoms with Crippen molar-refractivity contribution in [1.82, 2.24) is 5.32 Å². The molecule has 21 heavy (non-hydrogen) atoms. The summed E-state index contributed by atoms with van der Waals surface area (Å²) in [7, 11) is 0. The van der Waals surface area contributed by atoms with Crippen molar-refractivity contribution in [2.24, 2.45) is 0 Å². The Morgan fingerprint density at radius 3 is 2.19 bits per heavy atom. The molecule has 0 unspecified atom stereocenters.